The molecule has 15 heavy (non-hydrogen) atoms. The van der Waals surface area contributed by atoms with Gasteiger partial charge in [0.15, 0.2) is 0 Å². The van der Waals surface area contributed by atoms with Gasteiger partial charge < -0.3 is 15.5 Å². The van der Waals surface area contributed by atoms with Crippen LogP contribution in [0.1, 0.15) is 5.69 Å². The average Bonchev–Trinajstić information content (AvgIpc) is 2.21. The van der Waals surface area contributed by atoms with Gasteiger partial charge in [-0.05, 0) is 37.9 Å². The van der Waals surface area contributed by atoms with Crippen LogP contribution in [-0.2, 0) is 6.54 Å². The minimum atomic E-state index is -0.723. The van der Waals surface area contributed by atoms with E-state index in [2.05, 4.69) is 42.2 Å². The molecule has 6 heteroatoms. The molecule has 1 aromatic rings. The molecular formula is C9H12Br2N2O2. The fraction of sp³-hybridized carbons (Fsp3) is 0.444. The predicted molar refractivity (Wildman–Crippen MR) is 64.4 cm³/mol. The van der Waals surface area contributed by atoms with E-state index >= 15 is 0 Å². The van der Waals surface area contributed by atoms with Gasteiger partial charge in [0.2, 0.25) is 0 Å². The van der Waals surface area contributed by atoms with Crippen LogP contribution in [0.25, 0.3) is 0 Å². The van der Waals surface area contributed by atoms with Crippen molar-refractivity contribution < 1.29 is 10.2 Å². The zero-order valence-corrected chi connectivity index (χ0v) is 11.1. The van der Waals surface area contributed by atoms with E-state index in [1.165, 1.54) is 0 Å². The summed E-state index contributed by atoms with van der Waals surface area (Å²) in [4.78, 5) is 4.20. The molecule has 0 radical (unpaired) electrons. The van der Waals surface area contributed by atoms with Gasteiger partial charge in [-0.15, -0.1) is 0 Å². The van der Waals surface area contributed by atoms with E-state index in [0.29, 0.717) is 13.1 Å². The van der Waals surface area contributed by atoms with Crippen molar-refractivity contribution in [3.63, 3.8) is 0 Å². The SMILES string of the molecule is OCC(O)CNCc1ncc(Br)cc1Br. The monoisotopic (exact) mass is 338 g/mol. The van der Waals surface area contributed by atoms with Crippen molar-refractivity contribution in [2.45, 2.75) is 12.6 Å². The molecule has 0 spiro atoms. The molecule has 3 N–H and O–H groups in total. The summed E-state index contributed by atoms with van der Waals surface area (Å²) in [5.41, 5.74) is 0.864. The summed E-state index contributed by atoms with van der Waals surface area (Å²) >= 11 is 6.70. The summed E-state index contributed by atoms with van der Waals surface area (Å²) < 4.78 is 1.82. The van der Waals surface area contributed by atoms with Crippen molar-refractivity contribution in [2.75, 3.05) is 13.2 Å². The van der Waals surface area contributed by atoms with E-state index in [0.717, 1.165) is 14.6 Å². The highest BCUT2D eigenvalue weighted by Crippen LogP contribution is 2.19. The Morgan fingerprint density at radius 3 is 2.80 bits per heavy atom. The van der Waals surface area contributed by atoms with Crippen LogP contribution in [0, 0.1) is 0 Å². The smallest absolute Gasteiger partial charge is 0.0895 e. The molecule has 0 aliphatic carbocycles. The number of aliphatic hydroxyl groups excluding tert-OH is 2. The van der Waals surface area contributed by atoms with Crippen molar-refractivity contribution in [3.05, 3.63) is 26.9 Å². The lowest BCUT2D eigenvalue weighted by Crippen LogP contribution is -2.29. The van der Waals surface area contributed by atoms with Crippen molar-refractivity contribution in [1.29, 1.82) is 0 Å². The molecule has 0 aliphatic heterocycles. The van der Waals surface area contributed by atoms with E-state index in [1.807, 2.05) is 6.07 Å². The van der Waals surface area contributed by atoms with Crippen LogP contribution in [0.4, 0.5) is 0 Å². The van der Waals surface area contributed by atoms with Crippen molar-refractivity contribution in [3.8, 4) is 0 Å². The van der Waals surface area contributed by atoms with Gasteiger partial charge in [0, 0.05) is 28.2 Å². The first kappa shape index (κ1) is 13.1. The second-order valence-corrected chi connectivity index (χ2v) is 4.82. The Morgan fingerprint density at radius 1 is 1.47 bits per heavy atom. The molecular weight excluding hydrogens is 328 g/mol. The minimum absolute atomic E-state index is 0.234. The topological polar surface area (TPSA) is 65.4 Å². The van der Waals surface area contributed by atoms with E-state index in [4.69, 9.17) is 10.2 Å². The van der Waals surface area contributed by atoms with Gasteiger partial charge in [-0.3, -0.25) is 4.98 Å². The van der Waals surface area contributed by atoms with Crippen LogP contribution >= 0.6 is 31.9 Å². The average molecular weight is 340 g/mol. The third kappa shape index (κ3) is 4.56. The fourth-order valence-electron chi connectivity index (χ4n) is 0.995. The second-order valence-electron chi connectivity index (χ2n) is 3.05. The van der Waals surface area contributed by atoms with Crippen LogP contribution in [0.2, 0.25) is 0 Å². The van der Waals surface area contributed by atoms with Gasteiger partial charge in [0.1, 0.15) is 0 Å². The molecule has 1 heterocycles. The summed E-state index contributed by atoms with van der Waals surface area (Å²) in [6.45, 7) is 0.660. The molecule has 84 valence electrons. The fourth-order valence-corrected chi connectivity index (χ4v) is 2.12. The van der Waals surface area contributed by atoms with Gasteiger partial charge in [-0.1, -0.05) is 0 Å². The molecule has 1 atom stereocenters. The molecule has 0 aromatic carbocycles. The maximum Gasteiger partial charge on any atom is 0.0895 e. The van der Waals surface area contributed by atoms with Crippen molar-refractivity contribution in [2.24, 2.45) is 0 Å². The van der Waals surface area contributed by atoms with Gasteiger partial charge in [-0.2, -0.15) is 0 Å². The van der Waals surface area contributed by atoms with Crippen LogP contribution in [-0.4, -0.2) is 34.5 Å². The number of hydrogen-bond donors (Lipinski definition) is 3. The Labute approximate surface area is 105 Å². The van der Waals surface area contributed by atoms with E-state index in [1.54, 1.807) is 6.20 Å². The number of rotatable bonds is 5. The molecule has 0 saturated heterocycles. The Morgan fingerprint density at radius 2 is 2.20 bits per heavy atom. The first-order valence-electron chi connectivity index (χ1n) is 4.43. The largest absolute Gasteiger partial charge is 0.394 e. The highest BCUT2D eigenvalue weighted by atomic mass is 79.9. The van der Waals surface area contributed by atoms with Gasteiger partial charge in [-0.25, -0.2) is 0 Å². The van der Waals surface area contributed by atoms with E-state index in [9.17, 15) is 0 Å². The standard InChI is InChI=1S/C9H12Br2N2O2/c10-6-1-8(11)9(13-2-6)4-12-3-7(15)5-14/h1-2,7,12,14-15H,3-5H2. The zero-order chi connectivity index (χ0) is 11.3. The summed E-state index contributed by atoms with van der Waals surface area (Å²) in [7, 11) is 0. The number of halogens is 2. The lowest BCUT2D eigenvalue weighted by molar-refractivity contribution is 0.0941. The first-order valence-corrected chi connectivity index (χ1v) is 6.01. The molecule has 4 nitrogen and oxygen atoms in total. The number of aliphatic hydroxyl groups is 2. The summed E-state index contributed by atoms with van der Waals surface area (Å²) in [5, 5.41) is 20.7. The van der Waals surface area contributed by atoms with Crippen LogP contribution in [0.5, 0.6) is 0 Å². The molecule has 0 aliphatic rings. The molecule has 1 aromatic heterocycles. The highest BCUT2D eigenvalue weighted by Gasteiger charge is 2.04. The van der Waals surface area contributed by atoms with Crippen LogP contribution < -0.4 is 5.32 Å². The Kier molecular flexibility index (Phi) is 5.70. The Hall–Kier alpha value is -0.0100. The Bertz CT molecular complexity index is 323. The normalized spacial score (nSPS) is 12.8. The third-order valence-corrected chi connectivity index (χ3v) is 2.89. The van der Waals surface area contributed by atoms with Crippen LogP contribution in [0.15, 0.2) is 21.2 Å². The van der Waals surface area contributed by atoms with Crippen molar-refractivity contribution >= 4 is 31.9 Å². The molecule has 1 rings (SSSR count). The molecule has 0 saturated carbocycles. The van der Waals surface area contributed by atoms with Crippen molar-refractivity contribution in [1.82, 2.24) is 10.3 Å². The molecule has 0 bridgehead atoms. The first-order chi connectivity index (χ1) is 7.13. The van der Waals surface area contributed by atoms with Gasteiger partial charge in [0.25, 0.3) is 0 Å². The van der Waals surface area contributed by atoms with Gasteiger partial charge in [0.05, 0.1) is 18.4 Å². The molecule has 0 fully saturated rings. The molecule has 0 amide bonds. The minimum Gasteiger partial charge on any atom is -0.394 e. The van der Waals surface area contributed by atoms with E-state index < -0.39 is 6.10 Å². The number of aromatic nitrogens is 1. The maximum atomic E-state index is 9.10. The quantitative estimate of drug-likeness (QED) is 0.750. The number of pyridine rings is 1. The highest BCUT2D eigenvalue weighted by molar-refractivity contribution is 9.11. The van der Waals surface area contributed by atoms with E-state index in [-0.39, 0.29) is 6.61 Å². The third-order valence-electron chi connectivity index (χ3n) is 1.77. The van der Waals surface area contributed by atoms with Crippen LogP contribution in [0.3, 0.4) is 0 Å². The second kappa shape index (κ2) is 6.55. The summed E-state index contributed by atoms with van der Waals surface area (Å²) in [5.74, 6) is 0. The maximum absolute atomic E-state index is 9.10. The number of hydrogen-bond acceptors (Lipinski definition) is 4. The summed E-state index contributed by atoms with van der Waals surface area (Å²) in [6, 6.07) is 1.91. The van der Waals surface area contributed by atoms with Gasteiger partial charge >= 0.3 is 0 Å². The number of nitrogens with zero attached hydrogens (tertiary/aromatic N) is 1. The number of nitrogens with one attached hydrogen (secondary N) is 1. The molecule has 1 unspecified atom stereocenters. The zero-order valence-electron chi connectivity index (χ0n) is 7.95. The lowest BCUT2D eigenvalue weighted by Gasteiger charge is -2.09. The predicted octanol–water partition coefficient (Wildman–Crippen LogP) is 1.05. The lowest BCUT2D eigenvalue weighted by atomic mass is 10.3. The summed E-state index contributed by atoms with van der Waals surface area (Å²) in [6.07, 6.45) is 0.990. The Balaban J connectivity index is 2.44.